The molecule has 1 N–H and O–H groups in total. The van der Waals surface area contributed by atoms with Crippen molar-refractivity contribution < 1.29 is 9.18 Å². The Labute approximate surface area is 95.2 Å². The Hall–Kier alpha value is -1.42. The van der Waals surface area contributed by atoms with Crippen molar-refractivity contribution in [3.05, 3.63) is 35.6 Å². The fourth-order valence-electron chi connectivity index (χ4n) is 1.41. The number of hydrogen-bond donors (Lipinski definition) is 1. The van der Waals surface area contributed by atoms with Crippen LogP contribution < -0.4 is 5.43 Å². The van der Waals surface area contributed by atoms with Crippen LogP contribution in [0, 0.1) is 5.82 Å². The van der Waals surface area contributed by atoms with Crippen LogP contribution >= 0.6 is 0 Å². The molecule has 0 aliphatic heterocycles. The number of halogens is 1. The third-order valence-corrected chi connectivity index (χ3v) is 2.13. The van der Waals surface area contributed by atoms with E-state index in [4.69, 9.17) is 0 Å². The topological polar surface area (TPSA) is 32.3 Å². The first kappa shape index (κ1) is 12.6. The molecule has 0 aromatic heterocycles. The molecule has 0 heterocycles. The molecule has 1 rings (SSSR count). The van der Waals surface area contributed by atoms with Gasteiger partial charge in [-0.05, 0) is 30.5 Å². The van der Waals surface area contributed by atoms with Gasteiger partial charge in [0.05, 0.1) is 0 Å². The Bertz CT molecular complexity index is 335. The largest absolute Gasteiger partial charge is 0.289 e. The predicted molar refractivity (Wildman–Crippen MR) is 61.2 cm³/mol. The van der Waals surface area contributed by atoms with Gasteiger partial charge in [-0.3, -0.25) is 10.2 Å². The predicted octanol–water partition coefficient (Wildman–Crippen LogP) is 1.74. The summed E-state index contributed by atoms with van der Waals surface area (Å²) in [7, 11) is 3.55. The molecule has 0 bridgehead atoms. The van der Waals surface area contributed by atoms with Crippen LogP contribution in [0.1, 0.15) is 18.4 Å². The third-order valence-electron chi connectivity index (χ3n) is 2.13. The monoisotopic (exact) mass is 224 g/mol. The van der Waals surface area contributed by atoms with Crippen LogP contribution in [-0.2, 0) is 11.2 Å². The molecule has 0 aliphatic rings. The van der Waals surface area contributed by atoms with Gasteiger partial charge >= 0.3 is 0 Å². The third kappa shape index (κ3) is 4.89. The fraction of sp³-hybridized carbons (Fsp3) is 0.417. The van der Waals surface area contributed by atoms with Crippen LogP contribution in [0.15, 0.2) is 24.3 Å². The smallest absolute Gasteiger partial charge is 0.234 e. The summed E-state index contributed by atoms with van der Waals surface area (Å²) < 4.78 is 12.6. The molecule has 0 saturated carbocycles. The molecule has 0 saturated heterocycles. The molecule has 0 aliphatic carbocycles. The number of amides is 1. The van der Waals surface area contributed by atoms with E-state index in [1.807, 2.05) is 0 Å². The van der Waals surface area contributed by atoms with Crippen molar-refractivity contribution in [3.8, 4) is 0 Å². The van der Waals surface area contributed by atoms with E-state index in [0.717, 1.165) is 18.4 Å². The molecule has 0 unspecified atom stereocenters. The van der Waals surface area contributed by atoms with Crippen LogP contribution in [0.3, 0.4) is 0 Å². The summed E-state index contributed by atoms with van der Waals surface area (Å²) >= 11 is 0. The minimum absolute atomic E-state index is 0.00658. The number of hydrogen-bond acceptors (Lipinski definition) is 2. The van der Waals surface area contributed by atoms with Gasteiger partial charge in [0.25, 0.3) is 0 Å². The zero-order valence-corrected chi connectivity index (χ0v) is 9.66. The lowest BCUT2D eigenvalue weighted by atomic mass is 10.1. The zero-order valence-electron chi connectivity index (χ0n) is 9.66. The highest BCUT2D eigenvalue weighted by Gasteiger charge is 2.02. The summed E-state index contributed by atoms with van der Waals surface area (Å²) in [5, 5.41) is 1.63. The van der Waals surface area contributed by atoms with Crippen molar-refractivity contribution in [3.63, 3.8) is 0 Å². The molecule has 1 aromatic rings. The van der Waals surface area contributed by atoms with Gasteiger partial charge in [0.2, 0.25) is 5.91 Å². The van der Waals surface area contributed by atoms with E-state index < -0.39 is 0 Å². The molecular weight excluding hydrogens is 207 g/mol. The van der Waals surface area contributed by atoms with Crippen LogP contribution in [0.2, 0.25) is 0 Å². The maximum atomic E-state index is 12.6. The Morgan fingerprint density at radius 3 is 2.50 bits per heavy atom. The quantitative estimate of drug-likeness (QED) is 0.773. The van der Waals surface area contributed by atoms with Crippen molar-refractivity contribution in [1.29, 1.82) is 0 Å². The number of nitrogens with one attached hydrogen (secondary N) is 1. The first-order chi connectivity index (χ1) is 7.58. The van der Waals surface area contributed by atoms with Crippen molar-refractivity contribution in [1.82, 2.24) is 10.4 Å². The maximum absolute atomic E-state index is 12.6. The summed E-state index contributed by atoms with van der Waals surface area (Å²) in [4.78, 5) is 11.3. The summed E-state index contributed by atoms with van der Waals surface area (Å²) in [6.07, 6.45) is 2.04. The molecule has 88 valence electrons. The lowest BCUT2D eigenvalue weighted by Gasteiger charge is -2.11. The first-order valence-electron chi connectivity index (χ1n) is 5.29. The van der Waals surface area contributed by atoms with E-state index in [0.29, 0.717) is 6.42 Å². The van der Waals surface area contributed by atoms with Gasteiger partial charge in [-0.2, -0.15) is 0 Å². The average molecular weight is 224 g/mol. The van der Waals surface area contributed by atoms with Crippen molar-refractivity contribution in [2.24, 2.45) is 0 Å². The minimum Gasteiger partial charge on any atom is -0.289 e. The number of hydrazine groups is 1. The number of rotatable bonds is 5. The molecule has 0 atom stereocenters. The van der Waals surface area contributed by atoms with Crippen LogP contribution in [-0.4, -0.2) is 25.0 Å². The number of carbonyl (C=O) groups excluding carboxylic acids is 1. The normalized spacial score (nSPS) is 10.5. The molecule has 1 aromatic carbocycles. The maximum Gasteiger partial charge on any atom is 0.234 e. The van der Waals surface area contributed by atoms with Crippen LogP contribution in [0.4, 0.5) is 4.39 Å². The molecule has 1 amide bonds. The SMILES string of the molecule is CN(C)NC(=O)CCCc1ccc(F)cc1. The van der Waals surface area contributed by atoms with Gasteiger partial charge in [-0.25, -0.2) is 9.40 Å². The van der Waals surface area contributed by atoms with Gasteiger partial charge in [-0.15, -0.1) is 0 Å². The Kier molecular flexibility index (Phi) is 4.92. The zero-order chi connectivity index (χ0) is 12.0. The van der Waals surface area contributed by atoms with E-state index in [9.17, 15) is 9.18 Å². The summed E-state index contributed by atoms with van der Waals surface area (Å²) in [6.45, 7) is 0. The van der Waals surface area contributed by atoms with Crippen LogP contribution in [0.25, 0.3) is 0 Å². The highest BCUT2D eigenvalue weighted by atomic mass is 19.1. The Morgan fingerprint density at radius 1 is 1.31 bits per heavy atom. The summed E-state index contributed by atoms with van der Waals surface area (Å²) in [6, 6.07) is 6.38. The van der Waals surface area contributed by atoms with Gasteiger partial charge in [0.1, 0.15) is 5.82 Å². The van der Waals surface area contributed by atoms with Crippen molar-refractivity contribution in [2.45, 2.75) is 19.3 Å². The molecule has 16 heavy (non-hydrogen) atoms. The van der Waals surface area contributed by atoms with Crippen molar-refractivity contribution in [2.75, 3.05) is 14.1 Å². The minimum atomic E-state index is -0.228. The number of aryl methyl sites for hydroxylation is 1. The van der Waals surface area contributed by atoms with E-state index in [-0.39, 0.29) is 11.7 Å². The second-order valence-electron chi connectivity index (χ2n) is 3.91. The Balaban J connectivity index is 2.25. The highest BCUT2D eigenvalue weighted by Crippen LogP contribution is 2.06. The highest BCUT2D eigenvalue weighted by molar-refractivity contribution is 5.75. The molecule has 0 radical (unpaired) electrons. The van der Waals surface area contributed by atoms with E-state index >= 15 is 0 Å². The molecular formula is C12H17FN2O. The molecule has 3 nitrogen and oxygen atoms in total. The molecule has 0 spiro atoms. The lowest BCUT2D eigenvalue weighted by Crippen LogP contribution is -2.35. The summed E-state index contributed by atoms with van der Waals surface area (Å²) in [5.41, 5.74) is 3.73. The number of carbonyl (C=O) groups is 1. The van der Waals surface area contributed by atoms with Crippen LogP contribution in [0.5, 0.6) is 0 Å². The van der Waals surface area contributed by atoms with Gasteiger partial charge in [-0.1, -0.05) is 12.1 Å². The number of benzene rings is 1. The van der Waals surface area contributed by atoms with Gasteiger partial charge < -0.3 is 0 Å². The molecule has 0 fully saturated rings. The average Bonchev–Trinajstić information content (AvgIpc) is 2.20. The van der Waals surface area contributed by atoms with Crippen molar-refractivity contribution >= 4 is 5.91 Å². The van der Waals surface area contributed by atoms with Gasteiger partial charge in [0, 0.05) is 20.5 Å². The summed E-state index contributed by atoms with van der Waals surface area (Å²) in [5.74, 6) is -0.221. The number of nitrogens with zero attached hydrogens (tertiary/aromatic N) is 1. The fourth-order valence-corrected chi connectivity index (χ4v) is 1.41. The van der Waals surface area contributed by atoms with E-state index in [1.54, 1.807) is 31.2 Å². The standard InChI is InChI=1S/C12H17FN2O/c1-15(2)14-12(16)5-3-4-10-6-8-11(13)9-7-10/h6-9H,3-5H2,1-2H3,(H,14,16). The van der Waals surface area contributed by atoms with E-state index in [1.165, 1.54) is 12.1 Å². The van der Waals surface area contributed by atoms with Gasteiger partial charge in [0.15, 0.2) is 0 Å². The second kappa shape index (κ2) is 6.23. The lowest BCUT2D eigenvalue weighted by molar-refractivity contribution is -0.124. The Morgan fingerprint density at radius 2 is 1.94 bits per heavy atom. The second-order valence-corrected chi connectivity index (χ2v) is 3.91. The van der Waals surface area contributed by atoms with E-state index in [2.05, 4.69) is 5.43 Å². The molecule has 4 heteroatoms. The first-order valence-corrected chi connectivity index (χ1v) is 5.29.